The normalized spacial score (nSPS) is 18.4. The van der Waals surface area contributed by atoms with Crippen molar-refractivity contribution in [2.24, 2.45) is 5.92 Å². The molecule has 0 aliphatic carbocycles. The molecule has 2 rings (SSSR count). The summed E-state index contributed by atoms with van der Waals surface area (Å²) in [5.41, 5.74) is 7.68. The molecule has 0 unspecified atom stereocenters. The van der Waals surface area contributed by atoms with Crippen molar-refractivity contribution in [3.05, 3.63) is 48.1 Å². The quantitative estimate of drug-likeness (QED) is 0.663. The molecular weight excluding hydrogens is 258 g/mol. The van der Waals surface area contributed by atoms with Crippen molar-refractivity contribution in [2.45, 2.75) is 19.8 Å². The number of anilines is 2. The molecule has 4 heteroatoms. The lowest BCUT2D eigenvalue weighted by atomic mass is 9.94. The number of nitrogens with two attached hydrogens (primary N) is 1. The predicted octanol–water partition coefficient (Wildman–Crippen LogP) is 4.21. The lowest BCUT2D eigenvalue weighted by molar-refractivity contribution is 0.383. The Hall–Kier alpha value is -1.84. The average molecular weight is 278 g/mol. The van der Waals surface area contributed by atoms with E-state index in [9.17, 15) is 8.78 Å². The van der Waals surface area contributed by atoms with Gasteiger partial charge in [-0.15, -0.1) is 0 Å². The molecule has 1 aromatic carbocycles. The number of piperidine rings is 1. The Morgan fingerprint density at radius 2 is 1.90 bits per heavy atom. The van der Waals surface area contributed by atoms with E-state index in [0.717, 1.165) is 30.5 Å². The first kappa shape index (κ1) is 14.6. The smallest absolute Gasteiger partial charge is 0.121 e. The molecule has 1 aliphatic heterocycles. The van der Waals surface area contributed by atoms with Crippen molar-refractivity contribution < 1.29 is 8.78 Å². The third-order valence-corrected chi connectivity index (χ3v) is 3.71. The van der Waals surface area contributed by atoms with E-state index in [1.807, 2.05) is 24.3 Å². The molecule has 0 spiro atoms. The topological polar surface area (TPSA) is 29.3 Å². The van der Waals surface area contributed by atoms with Crippen LogP contribution in [0.1, 0.15) is 19.8 Å². The number of hydrogen-bond acceptors (Lipinski definition) is 2. The Morgan fingerprint density at radius 1 is 1.25 bits per heavy atom. The summed E-state index contributed by atoms with van der Waals surface area (Å²) in [7, 11) is 0. The van der Waals surface area contributed by atoms with E-state index in [-0.39, 0.29) is 11.7 Å². The molecule has 2 nitrogen and oxygen atoms in total. The summed E-state index contributed by atoms with van der Waals surface area (Å²) in [6.45, 7) is 3.02. The zero-order valence-corrected chi connectivity index (χ0v) is 11.7. The van der Waals surface area contributed by atoms with Gasteiger partial charge in [-0.1, -0.05) is 18.2 Å². The van der Waals surface area contributed by atoms with E-state index >= 15 is 0 Å². The Labute approximate surface area is 118 Å². The molecule has 0 saturated carbocycles. The van der Waals surface area contributed by atoms with Crippen LogP contribution in [-0.2, 0) is 0 Å². The van der Waals surface area contributed by atoms with Crippen LogP contribution in [0.2, 0.25) is 0 Å². The van der Waals surface area contributed by atoms with Crippen molar-refractivity contribution in [3.8, 4) is 0 Å². The van der Waals surface area contributed by atoms with Crippen LogP contribution >= 0.6 is 0 Å². The van der Waals surface area contributed by atoms with Gasteiger partial charge in [0.2, 0.25) is 0 Å². The summed E-state index contributed by atoms with van der Waals surface area (Å²) in [5.74, 6) is -1.07. The first-order chi connectivity index (χ1) is 9.61. The molecule has 0 aromatic heterocycles. The number of nitrogen functional groups attached to an aromatic ring is 1. The molecule has 0 radical (unpaired) electrons. The molecule has 0 bridgehead atoms. The fraction of sp³-hybridized carbons (Fsp3) is 0.375. The third kappa shape index (κ3) is 3.38. The monoisotopic (exact) mass is 278 g/mol. The number of halogens is 2. The summed E-state index contributed by atoms with van der Waals surface area (Å²) in [6, 6.07) is 7.68. The molecule has 1 fully saturated rings. The maximum Gasteiger partial charge on any atom is 0.121 e. The highest BCUT2D eigenvalue weighted by Crippen LogP contribution is 2.31. The number of hydrogen-bond donors (Lipinski definition) is 1. The van der Waals surface area contributed by atoms with Gasteiger partial charge in [-0.25, -0.2) is 8.78 Å². The van der Waals surface area contributed by atoms with Gasteiger partial charge in [0.25, 0.3) is 0 Å². The minimum atomic E-state index is -0.516. The van der Waals surface area contributed by atoms with Gasteiger partial charge in [0.1, 0.15) is 11.7 Å². The van der Waals surface area contributed by atoms with E-state index in [0.29, 0.717) is 12.8 Å². The molecule has 20 heavy (non-hydrogen) atoms. The standard InChI is InChI=1S/C16H20F2N2/c1-2-13(17)11-14(18)12-7-9-20(10-8-12)16-6-4-3-5-15(16)19/h2-6,11-12H,7-10,19H2,1H3/b13-2+,14-11+. The van der Waals surface area contributed by atoms with Gasteiger partial charge in [0, 0.05) is 25.1 Å². The second kappa shape index (κ2) is 6.55. The highest BCUT2D eigenvalue weighted by Gasteiger charge is 2.23. The van der Waals surface area contributed by atoms with Crippen molar-refractivity contribution in [1.29, 1.82) is 0 Å². The molecular formula is C16H20F2N2. The molecule has 1 heterocycles. The second-order valence-corrected chi connectivity index (χ2v) is 5.02. The van der Waals surface area contributed by atoms with E-state index < -0.39 is 5.83 Å². The van der Waals surface area contributed by atoms with Gasteiger partial charge in [0.05, 0.1) is 11.4 Å². The van der Waals surface area contributed by atoms with Crippen LogP contribution < -0.4 is 10.6 Å². The maximum absolute atomic E-state index is 13.9. The fourth-order valence-corrected chi connectivity index (χ4v) is 2.50. The first-order valence-corrected chi connectivity index (χ1v) is 6.90. The number of benzene rings is 1. The number of para-hydroxylation sites is 2. The zero-order valence-electron chi connectivity index (χ0n) is 11.7. The Kier molecular flexibility index (Phi) is 4.77. The van der Waals surface area contributed by atoms with Gasteiger partial charge < -0.3 is 10.6 Å². The van der Waals surface area contributed by atoms with Crippen LogP contribution in [0.25, 0.3) is 0 Å². The van der Waals surface area contributed by atoms with E-state index in [1.54, 1.807) is 6.92 Å². The third-order valence-electron chi connectivity index (χ3n) is 3.71. The van der Waals surface area contributed by atoms with E-state index in [2.05, 4.69) is 4.90 Å². The van der Waals surface area contributed by atoms with Gasteiger partial charge in [-0.05, 0) is 31.9 Å². The zero-order chi connectivity index (χ0) is 14.5. The molecule has 0 atom stereocenters. The van der Waals surface area contributed by atoms with Crippen LogP contribution in [0.5, 0.6) is 0 Å². The highest BCUT2D eigenvalue weighted by molar-refractivity contribution is 5.67. The predicted molar refractivity (Wildman–Crippen MR) is 79.8 cm³/mol. The lowest BCUT2D eigenvalue weighted by Crippen LogP contribution is -2.34. The van der Waals surface area contributed by atoms with Crippen LogP contribution in [-0.4, -0.2) is 13.1 Å². The Bertz CT molecular complexity index is 515. The molecule has 2 N–H and O–H groups in total. The molecule has 1 aromatic rings. The minimum Gasteiger partial charge on any atom is -0.397 e. The first-order valence-electron chi connectivity index (χ1n) is 6.90. The largest absolute Gasteiger partial charge is 0.397 e. The van der Waals surface area contributed by atoms with Gasteiger partial charge in [-0.3, -0.25) is 0 Å². The maximum atomic E-state index is 13.9. The molecule has 0 amide bonds. The SMILES string of the molecule is C/C=C(F)\C=C(\F)C1CCN(c2ccccc2N)CC1. The Morgan fingerprint density at radius 3 is 2.50 bits per heavy atom. The Balaban J connectivity index is 1.99. The summed E-state index contributed by atoms with van der Waals surface area (Å²) >= 11 is 0. The summed E-state index contributed by atoms with van der Waals surface area (Å²) in [4.78, 5) is 2.16. The number of nitrogens with zero attached hydrogens (tertiary/aromatic N) is 1. The van der Waals surface area contributed by atoms with Crippen molar-refractivity contribution in [1.82, 2.24) is 0 Å². The molecule has 1 saturated heterocycles. The molecule has 108 valence electrons. The summed E-state index contributed by atoms with van der Waals surface area (Å²) < 4.78 is 26.9. The van der Waals surface area contributed by atoms with Crippen LogP contribution in [0.3, 0.4) is 0 Å². The van der Waals surface area contributed by atoms with Crippen molar-refractivity contribution in [2.75, 3.05) is 23.7 Å². The van der Waals surface area contributed by atoms with E-state index in [1.165, 1.54) is 6.08 Å². The van der Waals surface area contributed by atoms with Crippen LogP contribution in [0, 0.1) is 5.92 Å². The number of allylic oxidation sites excluding steroid dienone is 4. The summed E-state index contributed by atoms with van der Waals surface area (Å²) in [5, 5.41) is 0. The fourth-order valence-electron chi connectivity index (χ4n) is 2.50. The van der Waals surface area contributed by atoms with Crippen molar-refractivity contribution >= 4 is 11.4 Å². The number of rotatable bonds is 3. The molecule has 1 aliphatic rings. The lowest BCUT2D eigenvalue weighted by Gasteiger charge is -2.33. The van der Waals surface area contributed by atoms with Crippen LogP contribution in [0.15, 0.2) is 48.1 Å². The highest BCUT2D eigenvalue weighted by atomic mass is 19.1. The van der Waals surface area contributed by atoms with Crippen LogP contribution in [0.4, 0.5) is 20.2 Å². The minimum absolute atomic E-state index is 0.193. The second-order valence-electron chi connectivity index (χ2n) is 5.02. The van der Waals surface area contributed by atoms with Gasteiger partial charge in [-0.2, -0.15) is 0 Å². The van der Waals surface area contributed by atoms with E-state index in [4.69, 9.17) is 5.73 Å². The average Bonchev–Trinajstić information content (AvgIpc) is 2.47. The van der Waals surface area contributed by atoms with Crippen molar-refractivity contribution in [3.63, 3.8) is 0 Å². The summed E-state index contributed by atoms with van der Waals surface area (Å²) in [6.07, 6.45) is 3.61. The van der Waals surface area contributed by atoms with Gasteiger partial charge >= 0.3 is 0 Å². The van der Waals surface area contributed by atoms with Gasteiger partial charge in [0.15, 0.2) is 0 Å².